The summed E-state index contributed by atoms with van der Waals surface area (Å²) in [5, 5.41) is 0. The zero-order chi connectivity index (χ0) is 21.2. The van der Waals surface area contributed by atoms with Gasteiger partial charge in [-0.05, 0) is 54.3 Å². The van der Waals surface area contributed by atoms with Crippen molar-refractivity contribution in [1.29, 1.82) is 0 Å². The third-order valence-corrected chi connectivity index (χ3v) is 4.84. The topological polar surface area (TPSA) is 0 Å². The first-order valence-electron chi connectivity index (χ1n) is 8.94. The third kappa shape index (κ3) is 5.19. The molecule has 0 aliphatic rings. The highest BCUT2D eigenvalue weighted by Crippen LogP contribution is 2.34. The summed E-state index contributed by atoms with van der Waals surface area (Å²) < 4.78 is 77.0. The third-order valence-electron chi connectivity index (χ3n) is 4.84. The second-order valence-corrected chi connectivity index (χ2v) is 6.98. The van der Waals surface area contributed by atoms with Gasteiger partial charge in [0.2, 0.25) is 0 Å². The molecule has 3 aromatic rings. The molecule has 0 bridgehead atoms. The first-order chi connectivity index (χ1) is 13.5. The van der Waals surface area contributed by atoms with E-state index in [1.807, 2.05) is 31.2 Å². The average Bonchev–Trinajstić information content (AvgIpc) is 2.66. The second kappa shape index (κ2) is 7.93. The minimum Gasteiger partial charge on any atom is -0.166 e. The van der Waals surface area contributed by atoms with Crippen LogP contribution < -0.4 is 0 Å². The fourth-order valence-corrected chi connectivity index (χ4v) is 3.20. The van der Waals surface area contributed by atoms with E-state index in [9.17, 15) is 26.3 Å². The molecule has 0 saturated heterocycles. The highest BCUT2D eigenvalue weighted by atomic mass is 19.4. The van der Waals surface area contributed by atoms with Crippen molar-refractivity contribution in [2.75, 3.05) is 0 Å². The molecule has 3 rings (SSSR count). The summed E-state index contributed by atoms with van der Waals surface area (Å²) in [5.74, 6) is -0.283. The van der Waals surface area contributed by atoms with E-state index in [2.05, 4.69) is 0 Å². The smallest absolute Gasteiger partial charge is 0.166 e. The number of rotatable bonds is 4. The summed E-state index contributed by atoms with van der Waals surface area (Å²) >= 11 is 0. The lowest BCUT2D eigenvalue weighted by molar-refractivity contribution is -0.138. The lowest BCUT2D eigenvalue weighted by Gasteiger charge is -2.20. The number of hydrogen-bond acceptors (Lipinski definition) is 0. The van der Waals surface area contributed by atoms with Crippen molar-refractivity contribution in [3.05, 3.63) is 106 Å². The van der Waals surface area contributed by atoms with Crippen LogP contribution in [-0.4, -0.2) is 0 Å². The largest absolute Gasteiger partial charge is 0.416 e. The molecule has 0 fully saturated rings. The van der Waals surface area contributed by atoms with Gasteiger partial charge < -0.3 is 0 Å². The van der Waals surface area contributed by atoms with Crippen LogP contribution in [0.5, 0.6) is 0 Å². The molecule has 0 spiro atoms. The van der Waals surface area contributed by atoms with Crippen LogP contribution in [0, 0.1) is 6.92 Å². The van der Waals surface area contributed by atoms with Gasteiger partial charge >= 0.3 is 12.4 Å². The Morgan fingerprint density at radius 1 is 0.586 bits per heavy atom. The zero-order valence-corrected chi connectivity index (χ0v) is 15.5. The highest BCUT2D eigenvalue weighted by molar-refractivity contribution is 5.38. The second-order valence-electron chi connectivity index (χ2n) is 6.98. The van der Waals surface area contributed by atoms with Crippen molar-refractivity contribution in [3.63, 3.8) is 0 Å². The van der Waals surface area contributed by atoms with Crippen LogP contribution in [0.2, 0.25) is 0 Å². The van der Waals surface area contributed by atoms with E-state index in [1.54, 1.807) is 0 Å². The Kier molecular flexibility index (Phi) is 5.73. The van der Waals surface area contributed by atoms with Crippen LogP contribution in [0.4, 0.5) is 26.3 Å². The van der Waals surface area contributed by atoms with Gasteiger partial charge in [0.25, 0.3) is 0 Å². The van der Waals surface area contributed by atoms with Crippen molar-refractivity contribution in [2.45, 2.75) is 31.6 Å². The standard InChI is InChI=1S/C23H18F6/c1-15-2-6-17(7-3-15)21(18-8-12-20(13-9-18)23(27,28)29)14-16-4-10-19(11-5-16)22(24,25)26/h2-13,21H,14H2,1H3. The van der Waals surface area contributed by atoms with Crippen LogP contribution in [-0.2, 0) is 18.8 Å². The van der Waals surface area contributed by atoms with Gasteiger partial charge in [0.1, 0.15) is 0 Å². The first-order valence-corrected chi connectivity index (χ1v) is 8.94. The van der Waals surface area contributed by atoms with Gasteiger partial charge in [0.05, 0.1) is 11.1 Å². The van der Waals surface area contributed by atoms with Gasteiger partial charge in [-0.1, -0.05) is 54.1 Å². The summed E-state index contributed by atoms with van der Waals surface area (Å²) in [5.41, 5.74) is 1.79. The molecule has 0 aliphatic heterocycles. The van der Waals surface area contributed by atoms with Crippen molar-refractivity contribution in [2.24, 2.45) is 0 Å². The van der Waals surface area contributed by atoms with Gasteiger partial charge in [-0.2, -0.15) is 26.3 Å². The Labute approximate surface area is 164 Å². The quantitative estimate of drug-likeness (QED) is 0.395. The van der Waals surface area contributed by atoms with Crippen LogP contribution in [0.15, 0.2) is 72.8 Å². The molecular weight excluding hydrogens is 390 g/mol. The van der Waals surface area contributed by atoms with Gasteiger partial charge in [-0.15, -0.1) is 0 Å². The maximum absolute atomic E-state index is 12.9. The Hall–Kier alpha value is -2.76. The van der Waals surface area contributed by atoms with Gasteiger partial charge in [0, 0.05) is 5.92 Å². The number of aryl methyl sites for hydroxylation is 1. The normalized spacial score (nSPS) is 13.3. The van der Waals surface area contributed by atoms with Crippen LogP contribution in [0.3, 0.4) is 0 Å². The summed E-state index contributed by atoms with van der Waals surface area (Å²) in [6.45, 7) is 1.92. The lowest BCUT2D eigenvalue weighted by Crippen LogP contribution is -2.09. The van der Waals surface area contributed by atoms with Gasteiger partial charge in [-0.25, -0.2) is 0 Å². The van der Waals surface area contributed by atoms with Crippen molar-refractivity contribution >= 4 is 0 Å². The molecule has 0 radical (unpaired) electrons. The molecule has 0 nitrogen and oxygen atoms in total. The maximum atomic E-state index is 12.9. The Morgan fingerprint density at radius 3 is 1.38 bits per heavy atom. The fraction of sp³-hybridized carbons (Fsp3) is 0.217. The molecule has 0 aromatic heterocycles. The summed E-state index contributed by atoms with van der Waals surface area (Å²) in [6.07, 6.45) is -8.47. The number of alkyl halides is 6. The minimum atomic E-state index is -4.43. The number of benzene rings is 3. The summed E-state index contributed by atoms with van der Waals surface area (Å²) in [7, 11) is 0. The Morgan fingerprint density at radius 2 is 0.966 bits per heavy atom. The molecule has 6 heteroatoms. The van der Waals surface area contributed by atoms with E-state index in [-0.39, 0.29) is 5.92 Å². The molecule has 1 atom stereocenters. The molecular formula is C23H18F6. The SMILES string of the molecule is Cc1ccc(C(Cc2ccc(C(F)(F)F)cc2)c2ccc(C(F)(F)F)cc2)cc1. The number of hydrogen-bond donors (Lipinski definition) is 0. The van der Waals surface area contributed by atoms with E-state index in [4.69, 9.17) is 0 Å². The highest BCUT2D eigenvalue weighted by Gasteiger charge is 2.31. The van der Waals surface area contributed by atoms with Crippen LogP contribution in [0.25, 0.3) is 0 Å². The van der Waals surface area contributed by atoms with Gasteiger partial charge in [0.15, 0.2) is 0 Å². The molecule has 0 aliphatic carbocycles. The number of halogens is 6. The Balaban J connectivity index is 1.94. The maximum Gasteiger partial charge on any atom is 0.416 e. The van der Waals surface area contributed by atoms with Crippen molar-refractivity contribution in [3.8, 4) is 0 Å². The predicted octanol–water partition coefficient (Wildman–Crippen LogP) is 7.41. The summed E-state index contributed by atoms with van der Waals surface area (Å²) in [6, 6.07) is 17.4. The molecule has 0 amide bonds. The van der Waals surface area contributed by atoms with E-state index >= 15 is 0 Å². The fourth-order valence-electron chi connectivity index (χ4n) is 3.20. The molecule has 3 aromatic carbocycles. The van der Waals surface area contributed by atoms with Crippen molar-refractivity contribution in [1.82, 2.24) is 0 Å². The van der Waals surface area contributed by atoms with Crippen LogP contribution in [0.1, 0.15) is 39.3 Å². The van der Waals surface area contributed by atoms with E-state index in [1.165, 1.54) is 24.3 Å². The monoisotopic (exact) mass is 408 g/mol. The zero-order valence-electron chi connectivity index (χ0n) is 15.5. The molecule has 0 heterocycles. The van der Waals surface area contributed by atoms with Crippen molar-refractivity contribution < 1.29 is 26.3 Å². The first kappa shape index (κ1) is 21.0. The van der Waals surface area contributed by atoms with E-state index in [0.717, 1.165) is 35.4 Å². The molecule has 1 unspecified atom stereocenters. The van der Waals surface area contributed by atoms with E-state index in [0.29, 0.717) is 17.5 Å². The van der Waals surface area contributed by atoms with Crippen LogP contribution >= 0.6 is 0 Å². The molecule has 152 valence electrons. The Bertz CT molecular complexity index is 933. The molecule has 0 N–H and O–H groups in total. The molecule has 29 heavy (non-hydrogen) atoms. The van der Waals surface area contributed by atoms with E-state index < -0.39 is 23.5 Å². The van der Waals surface area contributed by atoms with Gasteiger partial charge in [-0.3, -0.25) is 0 Å². The predicted molar refractivity (Wildman–Crippen MR) is 99.6 cm³/mol. The lowest BCUT2D eigenvalue weighted by atomic mass is 9.85. The average molecular weight is 408 g/mol. The molecule has 0 saturated carbocycles. The minimum absolute atomic E-state index is 0.283. The summed E-state index contributed by atoms with van der Waals surface area (Å²) in [4.78, 5) is 0.